The summed E-state index contributed by atoms with van der Waals surface area (Å²) in [6.45, 7) is 2.95. The molecule has 0 aliphatic rings. The fraction of sp³-hybridized carbons (Fsp3) is 0.214. The second-order valence-electron chi connectivity index (χ2n) is 3.95. The summed E-state index contributed by atoms with van der Waals surface area (Å²) in [4.78, 5) is 4.31. The molecule has 0 aliphatic carbocycles. The van der Waals surface area contributed by atoms with Crippen molar-refractivity contribution in [3.63, 3.8) is 0 Å². The van der Waals surface area contributed by atoms with Gasteiger partial charge >= 0.3 is 0 Å². The van der Waals surface area contributed by atoms with Crippen LogP contribution in [0.5, 0.6) is 0 Å². The minimum absolute atomic E-state index is 0.888. The molecule has 0 saturated carbocycles. The Hall–Kier alpha value is -1.35. The number of pyridine rings is 1. The first kappa shape index (κ1) is 12.1. The van der Waals surface area contributed by atoms with Crippen molar-refractivity contribution in [3.05, 3.63) is 58.2 Å². The lowest BCUT2D eigenvalue weighted by molar-refractivity contribution is 1.00. The van der Waals surface area contributed by atoms with E-state index < -0.39 is 0 Å². The maximum Gasteiger partial charge on any atom is 0.140 e. The van der Waals surface area contributed by atoms with E-state index in [2.05, 4.69) is 57.4 Å². The molecule has 0 aliphatic heterocycles. The molecule has 1 aromatic heterocycles. The summed E-state index contributed by atoms with van der Waals surface area (Å²) in [5.74, 6) is 0.918. The number of hydrogen-bond acceptors (Lipinski definition) is 2. The van der Waals surface area contributed by atoms with Crippen molar-refractivity contribution in [1.82, 2.24) is 4.98 Å². The van der Waals surface area contributed by atoms with Gasteiger partial charge in [-0.2, -0.15) is 0 Å². The smallest absolute Gasteiger partial charge is 0.140 e. The van der Waals surface area contributed by atoms with Crippen molar-refractivity contribution in [3.8, 4) is 0 Å². The van der Waals surface area contributed by atoms with Crippen LogP contribution < -0.4 is 5.32 Å². The van der Waals surface area contributed by atoms with Gasteiger partial charge in [-0.15, -0.1) is 0 Å². The highest BCUT2D eigenvalue weighted by Crippen LogP contribution is 2.22. The molecule has 0 unspecified atom stereocenters. The van der Waals surface area contributed by atoms with E-state index in [4.69, 9.17) is 0 Å². The number of aryl methyl sites for hydroxylation is 1. The van der Waals surface area contributed by atoms with Crippen molar-refractivity contribution < 1.29 is 0 Å². The van der Waals surface area contributed by atoms with Crippen molar-refractivity contribution >= 4 is 21.7 Å². The third kappa shape index (κ3) is 3.30. The Labute approximate surface area is 110 Å². The zero-order valence-electron chi connectivity index (χ0n) is 9.78. The van der Waals surface area contributed by atoms with E-state index in [-0.39, 0.29) is 0 Å². The predicted octanol–water partition coefficient (Wildman–Crippen LogP) is 3.81. The molecule has 1 aromatic carbocycles. The van der Waals surface area contributed by atoms with Crippen LogP contribution in [0.1, 0.15) is 11.1 Å². The van der Waals surface area contributed by atoms with Crippen molar-refractivity contribution in [1.29, 1.82) is 0 Å². The molecule has 1 heterocycles. The molecule has 1 N–H and O–H groups in total. The Morgan fingerprint density at radius 3 is 2.71 bits per heavy atom. The Morgan fingerprint density at radius 1 is 1.18 bits per heavy atom. The lowest BCUT2D eigenvalue weighted by atomic mass is 10.1. The lowest BCUT2D eigenvalue weighted by Crippen LogP contribution is -2.07. The van der Waals surface area contributed by atoms with Crippen LogP contribution in [0.15, 0.2) is 47.1 Å². The van der Waals surface area contributed by atoms with Crippen molar-refractivity contribution in [2.75, 3.05) is 11.9 Å². The highest BCUT2D eigenvalue weighted by Gasteiger charge is 2.02. The van der Waals surface area contributed by atoms with E-state index in [9.17, 15) is 0 Å². The summed E-state index contributed by atoms with van der Waals surface area (Å²) in [6.07, 6.45) is 2.83. The molecular formula is C14H15BrN2. The van der Waals surface area contributed by atoms with Crippen LogP contribution in [0, 0.1) is 6.92 Å². The first-order chi connectivity index (χ1) is 8.27. The number of aromatic nitrogens is 1. The van der Waals surface area contributed by atoms with E-state index in [0.29, 0.717) is 0 Å². The molecule has 17 heavy (non-hydrogen) atoms. The van der Waals surface area contributed by atoms with Crippen LogP contribution >= 0.6 is 15.9 Å². The quantitative estimate of drug-likeness (QED) is 0.926. The van der Waals surface area contributed by atoms with Crippen LogP contribution in [0.2, 0.25) is 0 Å². The number of benzene rings is 1. The molecule has 2 nitrogen and oxygen atoms in total. The van der Waals surface area contributed by atoms with Gasteiger partial charge < -0.3 is 5.32 Å². The van der Waals surface area contributed by atoms with Gasteiger partial charge in [-0.25, -0.2) is 4.98 Å². The Kier molecular flexibility index (Phi) is 4.15. The number of nitrogens with one attached hydrogen (secondary N) is 1. The second kappa shape index (κ2) is 5.82. The van der Waals surface area contributed by atoms with Gasteiger partial charge in [0.05, 0.1) is 4.47 Å². The number of rotatable bonds is 4. The summed E-state index contributed by atoms with van der Waals surface area (Å²) in [5, 5.41) is 3.34. The molecule has 3 heteroatoms. The van der Waals surface area contributed by atoms with E-state index in [1.807, 2.05) is 18.3 Å². The zero-order chi connectivity index (χ0) is 12.1. The Morgan fingerprint density at radius 2 is 1.94 bits per heavy atom. The van der Waals surface area contributed by atoms with Gasteiger partial charge in [0.2, 0.25) is 0 Å². The van der Waals surface area contributed by atoms with E-state index in [0.717, 1.165) is 23.3 Å². The molecule has 2 aromatic rings. The minimum Gasteiger partial charge on any atom is -0.369 e. The van der Waals surface area contributed by atoms with E-state index in [1.54, 1.807) is 0 Å². The maximum absolute atomic E-state index is 4.31. The molecule has 0 fully saturated rings. The van der Waals surface area contributed by atoms with Gasteiger partial charge in [-0.1, -0.05) is 30.3 Å². The standard InChI is InChI=1S/C14H15BrN2/c1-11-7-9-16-14(13(11)15)17-10-8-12-5-3-2-4-6-12/h2-7,9H,8,10H2,1H3,(H,16,17). The lowest BCUT2D eigenvalue weighted by Gasteiger charge is -2.08. The van der Waals surface area contributed by atoms with Crippen LogP contribution in [0.4, 0.5) is 5.82 Å². The average Bonchev–Trinajstić information content (AvgIpc) is 2.36. The third-order valence-corrected chi connectivity index (χ3v) is 3.63. The third-order valence-electron chi connectivity index (χ3n) is 2.63. The Bertz CT molecular complexity index is 483. The van der Waals surface area contributed by atoms with E-state index in [1.165, 1.54) is 11.1 Å². The van der Waals surface area contributed by atoms with Crippen LogP contribution in [0.3, 0.4) is 0 Å². The summed E-state index contributed by atoms with van der Waals surface area (Å²) in [6, 6.07) is 12.4. The molecule has 0 radical (unpaired) electrons. The zero-order valence-corrected chi connectivity index (χ0v) is 11.4. The summed E-state index contributed by atoms with van der Waals surface area (Å²) in [5.41, 5.74) is 2.53. The molecule has 0 bridgehead atoms. The van der Waals surface area contributed by atoms with Gasteiger partial charge in [-0.3, -0.25) is 0 Å². The summed E-state index contributed by atoms with van der Waals surface area (Å²) in [7, 11) is 0. The number of hydrogen-bond donors (Lipinski definition) is 1. The molecule has 0 saturated heterocycles. The van der Waals surface area contributed by atoms with Gasteiger partial charge in [0.15, 0.2) is 0 Å². The SMILES string of the molecule is Cc1ccnc(NCCc2ccccc2)c1Br. The fourth-order valence-corrected chi connectivity index (χ4v) is 2.01. The highest BCUT2D eigenvalue weighted by atomic mass is 79.9. The van der Waals surface area contributed by atoms with Crippen molar-refractivity contribution in [2.45, 2.75) is 13.3 Å². The number of halogens is 1. The topological polar surface area (TPSA) is 24.9 Å². The monoisotopic (exact) mass is 290 g/mol. The van der Waals surface area contributed by atoms with Gasteiger partial charge in [0.1, 0.15) is 5.82 Å². The van der Waals surface area contributed by atoms with Gasteiger partial charge in [0.25, 0.3) is 0 Å². The van der Waals surface area contributed by atoms with Gasteiger partial charge in [-0.05, 0) is 46.5 Å². The minimum atomic E-state index is 0.888. The van der Waals surface area contributed by atoms with Crippen LogP contribution in [-0.2, 0) is 6.42 Å². The van der Waals surface area contributed by atoms with Gasteiger partial charge in [0, 0.05) is 12.7 Å². The molecule has 0 amide bonds. The van der Waals surface area contributed by atoms with E-state index >= 15 is 0 Å². The second-order valence-corrected chi connectivity index (χ2v) is 4.75. The first-order valence-corrected chi connectivity index (χ1v) is 6.45. The molecular weight excluding hydrogens is 276 g/mol. The predicted molar refractivity (Wildman–Crippen MR) is 75.3 cm³/mol. The summed E-state index contributed by atoms with van der Waals surface area (Å²) < 4.78 is 1.05. The molecule has 2 rings (SSSR count). The maximum atomic E-state index is 4.31. The first-order valence-electron chi connectivity index (χ1n) is 5.66. The largest absolute Gasteiger partial charge is 0.369 e. The number of nitrogens with zero attached hydrogens (tertiary/aromatic N) is 1. The highest BCUT2D eigenvalue weighted by molar-refractivity contribution is 9.10. The molecule has 0 spiro atoms. The molecule has 0 atom stereocenters. The molecule has 88 valence electrons. The number of anilines is 1. The fourth-order valence-electron chi connectivity index (χ4n) is 1.63. The Balaban J connectivity index is 1.93. The normalized spacial score (nSPS) is 10.2. The van der Waals surface area contributed by atoms with Crippen LogP contribution in [-0.4, -0.2) is 11.5 Å². The van der Waals surface area contributed by atoms with Crippen molar-refractivity contribution in [2.24, 2.45) is 0 Å². The summed E-state index contributed by atoms with van der Waals surface area (Å²) >= 11 is 3.54. The average molecular weight is 291 g/mol. The van der Waals surface area contributed by atoms with Crippen LogP contribution in [0.25, 0.3) is 0 Å².